The third kappa shape index (κ3) is 3.11. The maximum Gasteiger partial charge on any atom is 0.226 e. The molecule has 0 spiro atoms. The highest BCUT2D eigenvalue weighted by Crippen LogP contribution is 2.49. The number of piperidine rings is 1. The van der Waals surface area contributed by atoms with Crippen LogP contribution in [0.2, 0.25) is 0 Å². The van der Waals surface area contributed by atoms with E-state index in [0.717, 1.165) is 44.7 Å². The largest absolute Gasteiger partial charge is 0.342 e. The molecule has 138 valence electrons. The predicted molar refractivity (Wildman–Crippen MR) is 104 cm³/mol. The maximum atomic E-state index is 12.9. The molecule has 0 radical (unpaired) electrons. The highest BCUT2D eigenvalue weighted by atomic mass is 32.1. The Hall–Kier alpha value is -1.95. The normalized spacial score (nSPS) is 23.2. The van der Waals surface area contributed by atoms with Gasteiger partial charge in [-0.2, -0.15) is 5.10 Å². The van der Waals surface area contributed by atoms with Crippen LogP contribution in [-0.2, 0) is 11.3 Å². The summed E-state index contributed by atoms with van der Waals surface area (Å²) < 4.78 is 2.77. The maximum absolute atomic E-state index is 12.9. The number of nitrogens with zero attached hydrogens (tertiary/aromatic N) is 3. The van der Waals surface area contributed by atoms with Crippen LogP contribution in [0.4, 0.5) is 0 Å². The van der Waals surface area contributed by atoms with Gasteiger partial charge in [0.15, 0.2) is 4.77 Å². The van der Waals surface area contributed by atoms with Gasteiger partial charge in [-0.15, -0.1) is 0 Å². The molecule has 1 N–H and O–H groups in total. The van der Waals surface area contributed by atoms with Crippen LogP contribution in [0.1, 0.15) is 55.0 Å². The molecular formula is C20H26N4OS. The van der Waals surface area contributed by atoms with E-state index in [9.17, 15) is 4.79 Å². The van der Waals surface area contributed by atoms with Crippen LogP contribution in [0.25, 0.3) is 0 Å². The standard InChI is InChI=1S/C20H26N4OS/c1-3-24-18(21-22-20(24)26)14-8-10-23(11-9-14)19(25)17-12-16(17)15-7-5-4-6-13(15)2/h4-7,14,16-17H,3,8-12H2,1-2H3,(H,22,26)/t16-,17+/m1/s1. The number of carbonyl (C=O) groups excluding carboxylic acids is 1. The Morgan fingerprint density at radius 3 is 2.73 bits per heavy atom. The molecule has 1 aliphatic carbocycles. The summed E-state index contributed by atoms with van der Waals surface area (Å²) in [4.78, 5) is 15.0. The first kappa shape index (κ1) is 17.5. The van der Waals surface area contributed by atoms with Crippen LogP contribution in [0.5, 0.6) is 0 Å². The molecule has 1 saturated carbocycles. The molecule has 2 atom stereocenters. The van der Waals surface area contributed by atoms with Crippen molar-refractivity contribution in [1.82, 2.24) is 19.7 Å². The summed E-state index contributed by atoms with van der Waals surface area (Å²) in [5.41, 5.74) is 2.65. The van der Waals surface area contributed by atoms with E-state index in [4.69, 9.17) is 12.2 Å². The molecule has 1 aromatic heterocycles. The van der Waals surface area contributed by atoms with Crippen molar-refractivity contribution < 1.29 is 4.79 Å². The van der Waals surface area contributed by atoms with Crippen molar-refractivity contribution in [1.29, 1.82) is 0 Å². The van der Waals surface area contributed by atoms with E-state index in [1.807, 2.05) is 0 Å². The van der Waals surface area contributed by atoms with Gasteiger partial charge in [0.1, 0.15) is 5.82 Å². The van der Waals surface area contributed by atoms with Gasteiger partial charge in [0.2, 0.25) is 5.91 Å². The number of aryl methyl sites for hydroxylation is 1. The third-order valence-electron chi connectivity index (χ3n) is 5.97. The lowest BCUT2D eigenvalue weighted by molar-refractivity contribution is -0.133. The number of H-pyrrole nitrogens is 1. The van der Waals surface area contributed by atoms with Crippen molar-refractivity contribution in [2.75, 3.05) is 13.1 Å². The fourth-order valence-corrected chi connectivity index (χ4v) is 4.62. The Morgan fingerprint density at radius 2 is 2.04 bits per heavy atom. The highest BCUT2D eigenvalue weighted by Gasteiger charge is 2.46. The smallest absolute Gasteiger partial charge is 0.226 e. The van der Waals surface area contributed by atoms with Gasteiger partial charge in [0.05, 0.1) is 0 Å². The zero-order valence-electron chi connectivity index (χ0n) is 15.4. The number of aromatic amines is 1. The minimum absolute atomic E-state index is 0.179. The van der Waals surface area contributed by atoms with Crippen LogP contribution >= 0.6 is 12.2 Å². The number of nitrogens with one attached hydrogen (secondary N) is 1. The highest BCUT2D eigenvalue weighted by molar-refractivity contribution is 7.71. The molecule has 0 unspecified atom stereocenters. The second kappa shape index (κ2) is 6.99. The van der Waals surface area contributed by atoms with Crippen LogP contribution in [0, 0.1) is 17.6 Å². The molecule has 4 rings (SSSR count). The Kier molecular flexibility index (Phi) is 4.69. The van der Waals surface area contributed by atoms with E-state index in [-0.39, 0.29) is 5.92 Å². The second-order valence-corrected chi connectivity index (χ2v) is 7.92. The van der Waals surface area contributed by atoms with Crippen molar-refractivity contribution in [3.05, 3.63) is 46.0 Å². The van der Waals surface area contributed by atoms with Crippen LogP contribution in [0.3, 0.4) is 0 Å². The lowest BCUT2D eigenvalue weighted by Crippen LogP contribution is -2.39. The van der Waals surface area contributed by atoms with Gasteiger partial charge in [0.25, 0.3) is 0 Å². The molecule has 2 aromatic rings. The molecule has 0 bridgehead atoms. The summed E-state index contributed by atoms with van der Waals surface area (Å²) in [6, 6.07) is 8.45. The summed E-state index contributed by atoms with van der Waals surface area (Å²) in [6.45, 7) is 6.71. The van der Waals surface area contributed by atoms with Gasteiger partial charge in [-0.25, -0.2) is 0 Å². The lowest BCUT2D eigenvalue weighted by Gasteiger charge is -2.32. The SMILES string of the molecule is CCn1c(C2CCN(C(=O)[C@H]3C[C@@H]3c3ccccc3C)CC2)n[nH]c1=S. The first-order valence-corrected chi connectivity index (χ1v) is 10.0. The van der Waals surface area contributed by atoms with Gasteiger partial charge in [-0.3, -0.25) is 9.89 Å². The first-order chi connectivity index (χ1) is 12.6. The van der Waals surface area contributed by atoms with E-state index in [0.29, 0.717) is 22.5 Å². The Labute approximate surface area is 159 Å². The van der Waals surface area contributed by atoms with Crippen molar-refractivity contribution in [2.45, 2.75) is 51.5 Å². The number of carbonyl (C=O) groups is 1. The van der Waals surface area contributed by atoms with Crippen molar-refractivity contribution in [3.63, 3.8) is 0 Å². The van der Waals surface area contributed by atoms with E-state index in [1.165, 1.54) is 11.1 Å². The fraction of sp³-hybridized carbons (Fsp3) is 0.550. The Morgan fingerprint density at radius 1 is 1.31 bits per heavy atom. The monoisotopic (exact) mass is 370 g/mol. The molecule has 26 heavy (non-hydrogen) atoms. The van der Waals surface area contributed by atoms with Gasteiger partial charge in [0, 0.05) is 31.5 Å². The van der Waals surface area contributed by atoms with Gasteiger partial charge in [-0.05, 0) is 62.4 Å². The quantitative estimate of drug-likeness (QED) is 0.834. The van der Waals surface area contributed by atoms with Gasteiger partial charge >= 0.3 is 0 Å². The number of amides is 1. The second-order valence-electron chi connectivity index (χ2n) is 7.54. The number of rotatable bonds is 4. The Balaban J connectivity index is 1.37. The molecular weight excluding hydrogens is 344 g/mol. The minimum Gasteiger partial charge on any atom is -0.342 e. The van der Waals surface area contributed by atoms with Crippen LogP contribution in [-0.4, -0.2) is 38.7 Å². The van der Waals surface area contributed by atoms with E-state index < -0.39 is 0 Å². The molecule has 2 aliphatic rings. The van der Waals surface area contributed by atoms with Crippen LogP contribution < -0.4 is 0 Å². The summed E-state index contributed by atoms with van der Waals surface area (Å²) in [5.74, 6) is 2.37. The topological polar surface area (TPSA) is 53.9 Å². The fourth-order valence-electron chi connectivity index (χ4n) is 4.35. The molecule has 2 heterocycles. The van der Waals surface area contributed by atoms with Crippen molar-refractivity contribution >= 4 is 18.1 Å². The third-order valence-corrected chi connectivity index (χ3v) is 6.28. The number of benzene rings is 1. The number of likely N-dealkylation sites (tertiary alicyclic amines) is 1. The van der Waals surface area contributed by atoms with Gasteiger partial charge < -0.3 is 9.47 Å². The number of aromatic nitrogens is 3. The predicted octanol–water partition coefficient (Wildman–Crippen LogP) is 3.78. The molecule has 1 aliphatic heterocycles. The molecule has 2 fully saturated rings. The number of hydrogen-bond donors (Lipinski definition) is 1. The summed E-state index contributed by atoms with van der Waals surface area (Å²) in [7, 11) is 0. The van der Waals surface area contributed by atoms with Gasteiger partial charge in [-0.1, -0.05) is 24.3 Å². The van der Waals surface area contributed by atoms with Crippen molar-refractivity contribution in [2.24, 2.45) is 5.92 Å². The number of hydrogen-bond acceptors (Lipinski definition) is 3. The average Bonchev–Trinajstić information content (AvgIpc) is 3.36. The average molecular weight is 371 g/mol. The van der Waals surface area contributed by atoms with Crippen LogP contribution in [0.15, 0.2) is 24.3 Å². The molecule has 1 saturated heterocycles. The molecule has 1 aromatic carbocycles. The Bertz CT molecular complexity index is 863. The molecule has 6 heteroatoms. The zero-order valence-corrected chi connectivity index (χ0v) is 16.3. The lowest BCUT2D eigenvalue weighted by atomic mass is 9.95. The van der Waals surface area contributed by atoms with E-state index >= 15 is 0 Å². The van der Waals surface area contributed by atoms with Crippen molar-refractivity contribution in [3.8, 4) is 0 Å². The summed E-state index contributed by atoms with van der Waals surface area (Å²) in [5, 5.41) is 7.34. The molecule has 1 amide bonds. The summed E-state index contributed by atoms with van der Waals surface area (Å²) in [6.07, 6.45) is 2.93. The first-order valence-electron chi connectivity index (χ1n) is 9.59. The minimum atomic E-state index is 0.179. The van der Waals surface area contributed by atoms with E-state index in [2.05, 4.69) is 57.8 Å². The van der Waals surface area contributed by atoms with E-state index in [1.54, 1.807) is 0 Å². The zero-order chi connectivity index (χ0) is 18.3. The summed E-state index contributed by atoms with van der Waals surface area (Å²) >= 11 is 5.30. The molecule has 5 nitrogen and oxygen atoms in total.